The number of hydrogen-bond donors (Lipinski definition) is 0. The molecule has 5 aromatic rings. The van der Waals surface area contributed by atoms with E-state index in [9.17, 15) is 4.79 Å². The Labute approximate surface area is 187 Å². The molecule has 154 valence electrons. The SMILES string of the molecule is O=c1c2c3nc4ccccc4nc3n(-c3ccc(Cl)c(Cl)c3)c2ncn1C1CCCC1. The Bertz CT molecular complexity index is 1550. The minimum absolute atomic E-state index is 0.0784. The van der Waals surface area contributed by atoms with Crippen molar-refractivity contribution in [3.63, 3.8) is 0 Å². The Morgan fingerprint density at radius 2 is 1.65 bits per heavy atom. The summed E-state index contributed by atoms with van der Waals surface area (Å²) < 4.78 is 3.61. The smallest absolute Gasteiger partial charge is 0.265 e. The minimum Gasteiger partial charge on any atom is -0.295 e. The number of benzene rings is 2. The highest BCUT2D eigenvalue weighted by atomic mass is 35.5. The molecular formula is C23H17Cl2N5O. The number of rotatable bonds is 2. The van der Waals surface area contributed by atoms with Crippen LogP contribution in [0.2, 0.25) is 10.0 Å². The first-order valence-electron chi connectivity index (χ1n) is 10.3. The standard InChI is InChI=1S/C23H17Cl2N5O/c24-15-10-9-14(11-16(15)25)30-21-19(23(31)29(12-26-21)13-5-1-2-6-13)20-22(30)28-18-8-4-3-7-17(18)27-20/h3-4,7-13H,1-2,5-6H2. The summed E-state index contributed by atoms with van der Waals surface area (Å²) in [6, 6.07) is 13.1. The summed E-state index contributed by atoms with van der Waals surface area (Å²) in [4.78, 5) is 28.0. The van der Waals surface area contributed by atoms with Gasteiger partial charge in [0.1, 0.15) is 17.2 Å². The molecule has 1 aliphatic rings. The van der Waals surface area contributed by atoms with Crippen LogP contribution < -0.4 is 5.56 Å². The average Bonchev–Trinajstić information content (AvgIpc) is 3.41. The fourth-order valence-corrected chi connectivity index (χ4v) is 4.85. The Balaban J connectivity index is 1.76. The van der Waals surface area contributed by atoms with Gasteiger partial charge in [0.25, 0.3) is 5.56 Å². The molecule has 2 aromatic carbocycles. The van der Waals surface area contributed by atoms with Crippen LogP contribution in [0.15, 0.2) is 53.6 Å². The van der Waals surface area contributed by atoms with Gasteiger partial charge in [0.15, 0.2) is 11.3 Å². The van der Waals surface area contributed by atoms with Crippen molar-refractivity contribution in [1.82, 2.24) is 24.1 Å². The largest absolute Gasteiger partial charge is 0.295 e. The maximum atomic E-state index is 13.6. The third-order valence-corrected chi connectivity index (χ3v) is 6.81. The van der Waals surface area contributed by atoms with Gasteiger partial charge in [0.2, 0.25) is 0 Å². The van der Waals surface area contributed by atoms with Crippen LogP contribution in [0, 0.1) is 0 Å². The van der Waals surface area contributed by atoms with Gasteiger partial charge in [-0.1, -0.05) is 48.2 Å². The van der Waals surface area contributed by atoms with Gasteiger partial charge in [-0.05, 0) is 43.2 Å². The van der Waals surface area contributed by atoms with Crippen molar-refractivity contribution in [2.45, 2.75) is 31.7 Å². The summed E-state index contributed by atoms with van der Waals surface area (Å²) in [6.07, 6.45) is 5.91. The number of para-hydroxylation sites is 2. The van der Waals surface area contributed by atoms with Crippen molar-refractivity contribution in [1.29, 1.82) is 0 Å². The second-order valence-corrected chi connectivity index (χ2v) is 8.73. The van der Waals surface area contributed by atoms with Gasteiger partial charge in [-0.3, -0.25) is 13.9 Å². The minimum atomic E-state index is -0.0784. The van der Waals surface area contributed by atoms with Crippen LogP contribution >= 0.6 is 23.2 Å². The van der Waals surface area contributed by atoms with Gasteiger partial charge in [0, 0.05) is 6.04 Å². The molecule has 1 aliphatic carbocycles. The molecule has 0 amide bonds. The molecular weight excluding hydrogens is 433 g/mol. The predicted molar refractivity (Wildman–Crippen MR) is 123 cm³/mol. The summed E-state index contributed by atoms with van der Waals surface area (Å²) in [5.74, 6) is 0. The van der Waals surface area contributed by atoms with E-state index in [4.69, 9.17) is 38.2 Å². The predicted octanol–water partition coefficient (Wildman–Crippen LogP) is 5.71. The molecule has 0 spiro atoms. The normalized spacial score (nSPS) is 14.9. The molecule has 6 nitrogen and oxygen atoms in total. The van der Waals surface area contributed by atoms with E-state index in [-0.39, 0.29) is 11.6 Å². The lowest BCUT2D eigenvalue weighted by molar-refractivity contribution is 0.499. The summed E-state index contributed by atoms with van der Waals surface area (Å²) in [5.41, 5.74) is 3.76. The van der Waals surface area contributed by atoms with Crippen LogP contribution in [0.4, 0.5) is 0 Å². The second-order valence-electron chi connectivity index (χ2n) is 7.91. The summed E-state index contributed by atoms with van der Waals surface area (Å²) in [7, 11) is 0. The van der Waals surface area contributed by atoms with E-state index in [0.717, 1.165) is 42.4 Å². The Morgan fingerprint density at radius 1 is 0.903 bits per heavy atom. The first kappa shape index (κ1) is 18.8. The highest BCUT2D eigenvalue weighted by molar-refractivity contribution is 6.42. The van der Waals surface area contributed by atoms with E-state index in [1.165, 1.54) is 0 Å². The topological polar surface area (TPSA) is 65.6 Å². The lowest BCUT2D eigenvalue weighted by Crippen LogP contribution is -2.23. The maximum absolute atomic E-state index is 13.6. The van der Waals surface area contributed by atoms with Crippen LogP contribution in [0.25, 0.3) is 38.9 Å². The zero-order valence-electron chi connectivity index (χ0n) is 16.4. The van der Waals surface area contributed by atoms with E-state index < -0.39 is 0 Å². The number of fused-ring (bicyclic) bond motifs is 4. The lowest BCUT2D eigenvalue weighted by Gasteiger charge is -2.13. The van der Waals surface area contributed by atoms with Crippen LogP contribution in [0.3, 0.4) is 0 Å². The summed E-state index contributed by atoms with van der Waals surface area (Å²) in [5, 5.41) is 1.36. The zero-order chi connectivity index (χ0) is 21.1. The van der Waals surface area contributed by atoms with Crippen molar-refractivity contribution >= 4 is 56.4 Å². The molecule has 6 rings (SSSR count). The molecule has 31 heavy (non-hydrogen) atoms. The second kappa shape index (κ2) is 7.04. The number of nitrogens with zero attached hydrogens (tertiary/aromatic N) is 5. The fourth-order valence-electron chi connectivity index (χ4n) is 4.56. The molecule has 3 aromatic heterocycles. The highest BCUT2D eigenvalue weighted by Gasteiger charge is 2.24. The molecule has 0 radical (unpaired) electrons. The van der Waals surface area contributed by atoms with Crippen LogP contribution in [0.5, 0.6) is 0 Å². The van der Waals surface area contributed by atoms with Gasteiger partial charge in [-0.2, -0.15) is 0 Å². The third kappa shape index (κ3) is 2.86. The van der Waals surface area contributed by atoms with E-state index in [1.807, 2.05) is 34.9 Å². The first-order chi connectivity index (χ1) is 15.1. The highest BCUT2D eigenvalue weighted by Crippen LogP contribution is 2.33. The van der Waals surface area contributed by atoms with Gasteiger partial charge in [-0.25, -0.2) is 15.0 Å². The Morgan fingerprint density at radius 3 is 2.39 bits per heavy atom. The number of halogens is 2. The molecule has 3 heterocycles. The monoisotopic (exact) mass is 449 g/mol. The molecule has 0 atom stereocenters. The maximum Gasteiger partial charge on any atom is 0.265 e. The number of hydrogen-bond acceptors (Lipinski definition) is 4. The van der Waals surface area contributed by atoms with E-state index >= 15 is 0 Å². The fraction of sp³-hybridized carbons (Fsp3) is 0.217. The summed E-state index contributed by atoms with van der Waals surface area (Å²) >= 11 is 12.4. The van der Waals surface area contributed by atoms with Crippen molar-refractivity contribution in [2.75, 3.05) is 0 Å². The molecule has 8 heteroatoms. The molecule has 0 bridgehead atoms. The summed E-state index contributed by atoms with van der Waals surface area (Å²) in [6.45, 7) is 0. The molecule has 0 N–H and O–H groups in total. The molecule has 1 fully saturated rings. The van der Waals surface area contributed by atoms with Crippen LogP contribution in [-0.4, -0.2) is 24.1 Å². The molecule has 0 saturated heterocycles. The molecule has 1 saturated carbocycles. The quantitative estimate of drug-likeness (QED) is 0.346. The molecule has 0 aliphatic heterocycles. The van der Waals surface area contributed by atoms with E-state index in [1.54, 1.807) is 23.0 Å². The first-order valence-corrected chi connectivity index (χ1v) is 11.0. The van der Waals surface area contributed by atoms with Gasteiger partial charge in [-0.15, -0.1) is 0 Å². The Hall–Kier alpha value is -2.96. The van der Waals surface area contributed by atoms with E-state index in [0.29, 0.717) is 32.2 Å². The van der Waals surface area contributed by atoms with E-state index in [2.05, 4.69) is 0 Å². The van der Waals surface area contributed by atoms with Gasteiger partial charge in [0.05, 0.1) is 26.8 Å². The van der Waals surface area contributed by atoms with Crippen LogP contribution in [0.1, 0.15) is 31.7 Å². The van der Waals surface area contributed by atoms with Crippen molar-refractivity contribution in [3.05, 3.63) is 69.2 Å². The third-order valence-electron chi connectivity index (χ3n) is 6.07. The van der Waals surface area contributed by atoms with Crippen molar-refractivity contribution in [2.24, 2.45) is 0 Å². The van der Waals surface area contributed by atoms with Gasteiger partial charge < -0.3 is 0 Å². The lowest BCUT2D eigenvalue weighted by atomic mass is 10.2. The van der Waals surface area contributed by atoms with Gasteiger partial charge >= 0.3 is 0 Å². The van der Waals surface area contributed by atoms with Crippen LogP contribution in [-0.2, 0) is 0 Å². The van der Waals surface area contributed by atoms with Crippen molar-refractivity contribution < 1.29 is 0 Å². The average molecular weight is 450 g/mol. The Kier molecular flexibility index (Phi) is 4.26. The zero-order valence-corrected chi connectivity index (χ0v) is 17.9. The number of aromatic nitrogens is 5. The molecule has 0 unspecified atom stereocenters. The van der Waals surface area contributed by atoms with Crippen molar-refractivity contribution in [3.8, 4) is 5.69 Å².